The average molecular weight is 341 g/mol. The van der Waals surface area contributed by atoms with E-state index in [1.807, 2.05) is 19.1 Å². The second kappa shape index (κ2) is 5.47. The number of benzene rings is 1. The van der Waals surface area contributed by atoms with Crippen molar-refractivity contribution >= 4 is 22.9 Å². The summed E-state index contributed by atoms with van der Waals surface area (Å²) in [6.45, 7) is 2.34. The van der Waals surface area contributed by atoms with E-state index in [2.05, 4.69) is 10.3 Å². The Morgan fingerprint density at radius 1 is 1.38 bits per heavy atom. The van der Waals surface area contributed by atoms with Crippen molar-refractivity contribution in [2.75, 3.05) is 5.32 Å². The summed E-state index contributed by atoms with van der Waals surface area (Å²) in [5.74, 6) is -1.50. The Bertz CT molecular complexity index is 792. The van der Waals surface area contributed by atoms with Crippen molar-refractivity contribution in [3.63, 3.8) is 0 Å². The largest absolute Gasteiger partial charge is 0.426 e. The standard InChI is InChI=1S/C16H18F3N3O2/c1-9-6-7-11-12(8-9)22(10-4-3-5-10)14(20-11)21-13(23)15(2,24)16(17,18)19/h6-8,10,24H,3-5H2,1-2H3,(H,20,21,23)/t15-/m0/s1. The van der Waals surface area contributed by atoms with Gasteiger partial charge in [0, 0.05) is 6.04 Å². The molecule has 1 saturated carbocycles. The molecular formula is C16H18F3N3O2. The number of nitrogens with one attached hydrogen (secondary N) is 1. The number of hydrogen-bond acceptors (Lipinski definition) is 3. The molecule has 0 spiro atoms. The zero-order chi connectivity index (χ0) is 17.7. The molecule has 1 amide bonds. The Morgan fingerprint density at radius 3 is 2.58 bits per heavy atom. The molecule has 0 radical (unpaired) electrons. The summed E-state index contributed by atoms with van der Waals surface area (Å²) in [6, 6.07) is 5.58. The van der Waals surface area contributed by atoms with Gasteiger partial charge in [0.15, 0.2) is 0 Å². The van der Waals surface area contributed by atoms with Crippen LogP contribution in [0.25, 0.3) is 11.0 Å². The summed E-state index contributed by atoms with van der Waals surface area (Å²) < 4.78 is 40.3. The molecule has 0 saturated heterocycles. The van der Waals surface area contributed by atoms with Gasteiger partial charge in [-0.1, -0.05) is 6.07 Å². The highest BCUT2D eigenvalue weighted by Gasteiger charge is 2.56. The van der Waals surface area contributed by atoms with Gasteiger partial charge in [-0.3, -0.25) is 10.1 Å². The molecule has 8 heteroatoms. The lowest BCUT2D eigenvalue weighted by Crippen LogP contribution is -2.52. The summed E-state index contributed by atoms with van der Waals surface area (Å²) in [6.07, 6.45) is -2.30. The van der Waals surface area contributed by atoms with Gasteiger partial charge in [-0.25, -0.2) is 4.98 Å². The van der Waals surface area contributed by atoms with Gasteiger partial charge in [-0.2, -0.15) is 13.2 Å². The Kier molecular flexibility index (Phi) is 3.82. The normalized spacial score (nSPS) is 18.2. The van der Waals surface area contributed by atoms with Gasteiger partial charge in [0.1, 0.15) is 0 Å². The Morgan fingerprint density at radius 2 is 2.04 bits per heavy atom. The molecule has 130 valence electrons. The van der Waals surface area contributed by atoms with Crippen LogP contribution in [-0.2, 0) is 4.79 Å². The van der Waals surface area contributed by atoms with Gasteiger partial charge in [0.05, 0.1) is 11.0 Å². The van der Waals surface area contributed by atoms with E-state index < -0.39 is 17.7 Å². The van der Waals surface area contributed by atoms with Crippen LogP contribution in [0, 0.1) is 6.92 Å². The molecule has 2 aromatic rings. The lowest BCUT2D eigenvalue weighted by Gasteiger charge is -2.30. The second-order valence-corrected chi connectivity index (χ2v) is 6.41. The molecule has 1 aromatic carbocycles. The fraction of sp³-hybridized carbons (Fsp3) is 0.500. The third kappa shape index (κ3) is 2.64. The van der Waals surface area contributed by atoms with E-state index >= 15 is 0 Å². The molecule has 1 aromatic heterocycles. The van der Waals surface area contributed by atoms with Crippen LogP contribution in [0.2, 0.25) is 0 Å². The van der Waals surface area contributed by atoms with Crippen molar-refractivity contribution in [3.8, 4) is 0 Å². The number of nitrogens with zero attached hydrogens (tertiary/aromatic N) is 2. The summed E-state index contributed by atoms with van der Waals surface area (Å²) in [4.78, 5) is 16.2. The van der Waals surface area contributed by atoms with E-state index in [4.69, 9.17) is 0 Å². The molecule has 0 aliphatic heterocycles. The number of carbonyl (C=O) groups excluding carboxylic acids is 1. The highest BCUT2D eigenvalue weighted by Crippen LogP contribution is 2.38. The van der Waals surface area contributed by atoms with E-state index in [0.717, 1.165) is 30.3 Å². The smallest absolute Gasteiger partial charge is 0.373 e. The van der Waals surface area contributed by atoms with Gasteiger partial charge < -0.3 is 9.67 Å². The quantitative estimate of drug-likeness (QED) is 0.900. The van der Waals surface area contributed by atoms with Crippen LogP contribution < -0.4 is 5.32 Å². The molecule has 1 heterocycles. The van der Waals surface area contributed by atoms with Gasteiger partial charge in [0.2, 0.25) is 11.5 Å². The monoisotopic (exact) mass is 341 g/mol. The number of fused-ring (bicyclic) bond motifs is 1. The van der Waals surface area contributed by atoms with Crippen LogP contribution in [0.3, 0.4) is 0 Å². The number of anilines is 1. The first-order valence-electron chi connectivity index (χ1n) is 7.70. The van der Waals surface area contributed by atoms with Crippen LogP contribution >= 0.6 is 0 Å². The fourth-order valence-electron chi connectivity index (χ4n) is 2.66. The number of aromatic nitrogens is 2. The molecule has 1 aliphatic rings. The molecule has 1 atom stereocenters. The molecule has 3 rings (SSSR count). The minimum Gasteiger partial charge on any atom is -0.373 e. The maximum atomic E-state index is 12.8. The fourth-order valence-corrected chi connectivity index (χ4v) is 2.66. The molecule has 0 unspecified atom stereocenters. The Hall–Kier alpha value is -2.09. The molecular weight excluding hydrogens is 323 g/mol. The van der Waals surface area contributed by atoms with Crippen molar-refractivity contribution in [2.45, 2.75) is 50.9 Å². The van der Waals surface area contributed by atoms with Crippen molar-refractivity contribution in [1.82, 2.24) is 9.55 Å². The minimum absolute atomic E-state index is 0.0369. The van der Waals surface area contributed by atoms with E-state index in [-0.39, 0.29) is 12.0 Å². The van der Waals surface area contributed by atoms with Crippen LogP contribution in [0.4, 0.5) is 19.1 Å². The molecule has 0 bridgehead atoms. The number of alkyl halides is 3. The van der Waals surface area contributed by atoms with Gasteiger partial charge in [-0.15, -0.1) is 0 Å². The van der Waals surface area contributed by atoms with Gasteiger partial charge >= 0.3 is 6.18 Å². The number of rotatable bonds is 3. The summed E-state index contributed by atoms with van der Waals surface area (Å²) in [5, 5.41) is 11.7. The summed E-state index contributed by atoms with van der Waals surface area (Å²) in [5.41, 5.74) is -1.13. The number of hydrogen-bond donors (Lipinski definition) is 2. The molecule has 2 N–H and O–H groups in total. The highest BCUT2D eigenvalue weighted by molar-refractivity contribution is 5.97. The predicted molar refractivity (Wildman–Crippen MR) is 82.7 cm³/mol. The van der Waals surface area contributed by atoms with Crippen molar-refractivity contribution in [1.29, 1.82) is 0 Å². The van der Waals surface area contributed by atoms with Crippen molar-refractivity contribution < 1.29 is 23.1 Å². The highest BCUT2D eigenvalue weighted by atomic mass is 19.4. The maximum absolute atomic E-state index is 12.8. The van der Waals surface area contributed by atoms with E-state index in [0.29, 0.717) is 12.4 Å². The maximum Gasteiger partial charge on any atom is 0.426 e. The van der Waals surface area contributed by atoms with E-state index in [1.165, 1.54) is 0 Å². The third-order valence-corrected chi connectivity index (χ3v) is 4.50. The molecule has 5 nitrogen and oxygen atoms in total. The molecule has 24 heavy (non-hydrogen) atoms. The SMILES string of the molecule is Cc1ccc2nc(NC(=O)[C@](C)(O)C(F)(F)F)n(C3CCC3)c2c1. The molecule has 1 aliphatic carbocycles. The summed E-state index contributed by atoms with van der Waals surface area (Å²) in [7, 11) is 0. The number of imidazole rings is 1. The minimum atomic E-state index is -5.07. The van der Waals surface area contributed by atoms with Crippen LogP contribution in [0.15, 0.2) is 18.2 Å². The number of carbonyl (C=O) groups is 1. The number of amides is 1. The first-order chi connectivity index (χ1) is 11.1. The number of aliphatic hydroxyl groups is 1. The van der Waals surface area contributed by atoms with Crippen LogP contribution in [-0.4, -0.2) is 32.3 Å². The van der Waals surface area contributed by atoms with E-state index in [9.17, 15) is 23.1 Å². The predicted octanol–water partition coefficient (Wildman–Crippen LogP) is 3.32. The van der Waals surface area contributed by atoms with Gasteiger partial charge in [-0.05, 0) is 50.8 Å². The first kappa shape index (κ1) is 16.8. The van der Waals surface area contributed by atoms with Crippen LogP contribution in [0.1, 0.15) is 37.8 Å². The van der Waals surface area contributed by atoms with Crippen LogP contribution in [0.5, 0.6) is 0 Å². The van der Waals surface area contributed by atoms with Gasteiger partial charge in [0.25, 0.3) is 5.91 Å². The van der Waals surface area contributed by atoms with E-state index in [1.54, 1.807) is 10.6 Å². The first-order valence-corrected chi connectivity index (χ1v) is 7.70. The Balaban J connectivity index is 2.02. The second-order valence-electron chi connectivity index (χ2n) is 6.41. The third-order valence-electron chi connectivity index (χ3n) is 4.50. The Labute approximate surface area is 136 Å². The zero-order valence-electron chi connectivity index (χ0n) is 13.3. The topological polar surface area (TPSA) is 67.2 Å². The summed E-state index contributed by atoms with van der Waals surface area (Å²) >= 11 is 0. The number of halogens is 3. The van der Waals surface area contributed by atoms with Crippen molar-refractivity contribution in [2.24, 2.45) is 0 Å². The average Bonchev–Trinajstić information content (AvgIpc) is 2.74. The van der Waals surface area contributed by atoms with Crippen molar-refractivity contribution in [3.05, 3.63) is 23.8 Å². The lowest BCUT2D eigenvalue weighted by atomic mass is 9.92. The zero-order valence-corrected chi connectivity index (χ0v) is 13.3. The number of aryl methyl sites for hydroxylation is 1. The lowest BCUT2D eigenvalue weighted by molar-refractivity contribution is -0.242. The molecule has 1 fully saturated rings.